The molecule has 0 radical (unpaired) electrons. The fourth-order valence-corrected chi connectivity index (χ4v) is 2.33. The van der Waals surface area contributed by atoms with Gasteiger partial charge >= 0.3 is 0 Å². The largest absolute Gasteiger partial charge is 0.396 e. The van der Waals surface area contributed by atoms with Gasteiger partial charge in [0, 0.05) is 17.6 Å². The van der Waals surface area contributed by atoms with Gasteiger partial charge in [0.25, 0.3) is 0 Å². The van der Waals surface area contributed by atoms with E-state index >= 15 is 0 Å². The smallest absolute Gasteiger partial charge is 0.0504 e. The zero-order valence-electron chi connectivity index (χ0n) is 10.7. The van der Waals surface area contributed by atoms with Crippen LogP contribution in [0.25, 0.3) is 10.8 Å². The van der Waals surface area contributed by atoms with Gasteiger partial charge in [-0.15, -0.1) is 0 Å². The summed E-state index contributed by atoms with van der Waals surface area (Å²) in [5, 5.41) is 15.3. The summed E-state index contributed by atoms with van der Waals surface area (Å²) >= 11 is 0. The molecule has 3 rings (SSSR count). The molecule has 94 valence electrons. The van der Waals surface area contributed by atoms with E-state index in [0.717, 1.165) is 25.1 Å². The maximum absolute atomic E-state index is 9.30. The Balaban J connectivity index is 1.79. The molecule has 0 aromatic heterocycles. The molecule has 2 N–H and O–H groups in total. The van der Waals surface area contributed by atoms with Crippen molar-refractivity contribution >= 4 is 16.5 Å². The first-order valence-electron chi connectivity index (χ1n) is 6.56. The molecule has 0 aliphatic heterocycles. The molecule has 0 bridgehead atoms. The molecule has 2 heteroatoms. The molecule has 1 aliphatic rings. The van der Waals surface area contributed by atoms with Crippen molar-refractivity contribution in [2.45, 2.75) is 19.8 Å². The Morgan fingerprint density at radius 1 is 1.11 bits per heavy atom. The Morgan fingerprint density at radius 3 is 2.56 bits per heavy atom. The van der Waals surface area contributed by atoms with E-state index in [9.17, 15) is 5.11 Å². The maximum atomic E-state index is 9.30. The second-order valence-corrected chi connectivity index (χ2v) is 5.58. The van der Waals surface area contributed by atoms with Gasteiger partial charge < -0.3 is 10.4 Å². The second-order valence-electron chi connectivity index (χ2n) is 5.58. The molecule has 0 heterocycles. The minimum Gasteiger partial charge on any atom is -0.396 e. The van der Waals surface area contributed by atoms with E-state index in [-0.39, 0.29) is 5.41 Å². The van der Waals surface area contributed by atoms with E-state index in [2.05, 4.69) is 48.6 Å². The highest BCUT2D eigenvalue weighted by Gasteiger charge is 2.41. The third kappa shape index (κ3) is 2.21. The standard InChI is InChI=1S/C16H19NO/c1-12-2-3-14-9-15(5-4-13(14)8-12)17-10-16(11-18)6-7-16/h2-5,8-9,17-18H,6-7,10-11H2,1H3. The highest BCUT2D eigenvalue weighted by Crippen LogP contribution is 2.44. The number of benzene rings is 2. The van der Waals surface area contributed by atoms with Crippen LogP contribution in [-0.2, 0) is 0 Å². The number of hydrogen-bond acceptors (Lipinski definition) is 2. The van der Waals surface area contributed by atoms with E-state index in [1.165, 1.54) is 16.3 Å². The van der Waals surface area contributed by atoms with Crippen LogP contribution in [-0.4, -0.2) is 18.3 Å². The number of rotatable bonds is 4. The van der Waals surface area contributed by atoms with Crippen molar-refractivity contribution in [3.63, 3.8) is 0 Å². The number of aryl methyl sites for hydroxylation is 1. The van der Waals surface area contributed by atoms with Crippen LogP contribution in [0, 0.1) is 12.3 Å². The monoisotopic (exact) mass is 241 g/mol. The van der Waals surface area contributed by atoms with Crippen LogP contribution in [0.4, 0.5) is 5.69 Å². The Hall–Kier alpha value is -1.54. The molecule has 1 aliphatic carbocycles. The zero-order valence-corrected chi connectivity index (χ0v) is 10.7. The highest BCUT2D eigenvalue weighted by atomic mass is 16.3. The number of anilines is 1. The van der Waals surface area contributed by atoms with Crippen molar-refractivity contribution < 1.29 is 5.11 Å². The lowest BCUT2D eigenvalue weighted by atomic mass is 10.1. The van der Waals surface area contributed by atoms with Crippen molar-refractivity contribution in [3.8, 4) is 0 Å². The van der Waals surface area contributed by atoms with Gasteiger partial charge in [-0.1, -0.05) is 29.8 Å². The van der Waals surface area contributed by atoms with Gasteiger partial charge in [-0.05, 0) is 42.7 Å². The van der Waals surface area contributed by atoms with Crippen LogP contribution in [0.2, 0.25) is 0 Å². The Labute approximate surface area is 108 Å². The molecule has 18 heavy (non-hydrogen) atoms. The summed E-state index contributed by atoms with van der Waals surface area (Å²) in [5.74, 6) is 0. The van der Waals surface area contributed by atoms with E-state index in [4.69, 9.17) is 0 Å². The summed E-state index contributed by atoms with van der Waals surface area (Å²) in [5.41, 5.74) is 2.59. The summed E-state index contributed by atoms with van der Waals surface area (Å²) in [6, 6.07) is 13.0. The Bertz CT molecular complexity index is 572. The molecule has 0 spiro atoms. The molecule has 0 atom stereocenters. The number of nitrogens with one attached hydrogen (secondary N) is 1. The number of aliphatic hydroxyl groups excluding tert-OH is 1. The fourth-order valence-electron chi connectivity index (χ4n) is 2.33. The first-order chi connectivity index (χ1) is 8.71. The summed E-state index contributed by atoms with van der Waals surface area (Å²) in [7, 11) is 0. The van der Waals surface area contributed by atoms with Crippen molar-refractivity contribution in [1.82, 2.24) is 0 Å². The zero-order chi connectivity index (χ0) is 12.6. The summed E-state index contributed by atoms with van der Waals surface area (Å²) < 4.78 is 0. The molecule has 0 saturated heterocycles. The molecular formula is C16H19NO. The van der Waals surface area contributed by atoms with Crippen LogP contribution in [0.3, 0.4) is 0 Å². The van der Waals surface area contributed by atoms with Gasteiger partial charge in [0.05, 0.1) is 6.61 Å². The number of hydrogen-bond donors (Lipinski definition) is 2. The lowest BCUT2D eigenvalue weighted by Gasteiger charge is -2.14. The first-order valence-corrected chi connectivity index (χ1v) is 6.56. The lowest BCUT2D eigenvalue weighted by Crippen LogP contribution is -2.18. The molecule has 1 fully saturated rings. The van der Waals surface area contributed by atoms with Crippen LogP contribution >= 0.6 is 0 Å². The lowest BCUT2D eigenvalue weighted by molar-refractivity contribution is 0.220. The van der Waals surface area contributed by atoms with E-state index in [1.807, 2.05) is 0 Å². The van der Waals surface area contributed by atoms with Crippen LogP contribution in [0.5, 0.6) is 0 Å². The first kappa shape index (κ1) is 11.5. The highest BCUT2D eigenvalue weighted by molar-refractivity contribution is 5.86. The van der Waals surface area contributed by atoms with Crippen molar-refractivity contribution in [1.29, 1.82) is 0 Å². The third-order valence-electron chi connectivity index (χ3n) is 3.96. The van der Waals surface area contributed by atoms with E-state index in [0.29, 0.717) is 6.61 Å². The minimum absolute atomic E-state index is 0.155. The topological polar surface area (TPSA) is 32.3 Å². The van der Waals surface area contributed by atoms with Crippen molar-refractivity contribution in [2.75, 3.05) is 18.5 Å². The predicted molar refractivity (Wildman–Crippen MR) is 75.9 cm³/mol. The molecule has 2 aromatic carbocycles. The molecular weight excluding hydrogens is 222 g/mol. The minimum atomic E-state index is 0.155. The Kier molecular flexibility index (Phi) is 2.75. The van der Waals surface area contributed by atoms with Crippen LogP contribution in [0.15, 0.2) is 36.4 Å². The maximum Gasteiger partial charge on any atom is 0.0504 e. The van der Waals surface area contributed by atoms with Gasteiger partial charge in [-0.2, -0.15) is 0 Å². The Morgan fingerprint density at radius 2 is 1.83 bits per heavy atom. The summed E-state index contributed by atoms with van der Waals surface area (Å²) in [6.45, 7) is 3.29. The fraction of sp³-hybridized carbons (Fsp3) is 0.375. The van der Waals surface area contributed by atoms with E-state index in [1.54, 1.807) is 0 Å². The summed E-state index contributed by atoms with van der Waals surface area (Å²) in [4.78, 5) is 0. The van der Waals surface area contributed by atoms with Gasteiger partial charge in [0.15, 0.2) is 0 Å². The van der Waals surface area contributed by atoms with Crippen LogP contribution in [0.1, 0.15) is 18.4 Å². The average Bonchev–Trinajstić information content (AvgIpc) is 3.17. The van der Waals surface area contributed by atoms with Gasteiger partial charge in [-0.3, -0.25) is 0 Å². The molecule has 2 aromatic rings. The van der Waals surface area contributed by atoms with E-state index < -0.39 is 0 Å². The molecule has 2 nitrogen and oxygen atoms in total. The van der Waals surface area contributed by atoms with Crippen molar-refractivity contribution in [2.24, 2.45) is 5.41 Å². The molecule has 0 unspecified atom stereocenters. The van der Waals surface area contributed by atoms with Crippen LogP contribution < -0.4 is 5.32 Å². The predicted octanol–water partition coefficient (Wildman–Crippen LogP) is 3.33. The number of aliphatic hydroxyl groups is 1. The summed E-state index contributed by atoms with van der Waals surface area (Å²) in [6.07, 6.45) is 2.28. The SMILES string of the molecule is Cc1ccc2cc(NCC3(CO)CC3)ccc2c1. The van der Waals surface area contributed by atoms with Gasteiger partial charge in [0.1, 0.15) is 0 Å². The third-order valence-corrected chi connectivity index (χ3v) is 3.96. The molecule has 1 saturated carbocycles. The normalized spacial score (nSPS) is 16.8. The quantitative estimate of drug-likeness (QED) is 0.860. The van der Waals surface area contributed by atoms with Gasteiger partial charge in [-0.25, -0.2) is 0 Å². The molecule has 0 amide bonds. The van der Waals surface area contributed by atoms with Gasteiger partial charge in [0.2, 0.25) is 0 Å². The average molecular weight is 241 g/mol. The second kappa shape index (κ2) is 4.29. The number of fused-ring (bicyclic) bond motifs is 1. The van der Waals surface area contributed by atoms with Crippen molar-refractivity contribution in [3.05, 3.63) is 42.0 Å².